The molecular weight excluding hydrogens is 325 g/mol. The summed E-state index contributed by atoms with van der Waals surface area (Å²) in [5.41, 5.74) is -0.329. The van der Waals surface area contributed by atoms with Crippen LogP contribution in [-0.2, 0) is 15.1 Å². The summed E-state index contributed by atoms with van der Waals surface area (Å²) in [4.78, 5) is 14.3. The van der Waals surface area contributed by atoms with E-state index in [0.717, 1.165) is 5.56 Å². The second kappa shape index (κ2) is 6.25. The summed E-state index contributed by atoms with van der Waals surface area (Å²) in [5, 5.41) is 11.3. The minimum atomic E-state index is -1.18. The van der Waals surface area contributed by atoms with Crippen molar-refractivity contribution in [3.63, 3.8) is 0 Å². The summed E-state index contributed by atoms with van der Waals surface area (Å²) in [6, 6.07) is 3.87. The Balaban J connectivity index is 1.88. The normalized spacial score (nSPS) is 29.4. The van der Waals surface area contributed by atoms with Crippen molar-refractivity contribution in [2.45, 2.75) is 63.8 Å². The number of carbonyl (C=O) groups is 1. The zero-order valence-corrected chi connectivity index (χ0v) is 15.2. The zero-order chi connectivity index (χ0) is 18.4. The molecule has 6 heteroatoms. The third-order valence-electron chi connectivity index (χ3n) is 4.86. The molecular formula is C19H26FNO4. The van der Waals surface area contributed by atoms with Crippen molar-refractivity contribution in [2.75, 3.05) is 13.2 Å². The van der Waals surface area contributed by atoms with Gasteiger partial charge in [-0.3, -0.25) is 4.90 Å². The van der Waals surface area contributed by atoms with Crippen LogP contribution in [0.2, 0.25) is 0 Å². The first-order valence-electron chi connectivity index (χ1n) is 8.67. The van der Waals surface area contributed by atoms with Gasteiger partial charge in [-0.25, -0.2) is 9.18 Å². The van der Waals surface area contributed by atoms with Gasteiger partial charge in [-0.15, -0.1) is 0 Å². The van der Waals surface area contributed by atoms with Gasteiger partial charge in [0.2, 0.25) is 0 Å². The van der Waals surface area contributed by atoms with Gasteiger partial charge < -0.3 is 14.6 Å². The molecule has 2 atom stereocenters. The van der Waals surface area contributed by atoms with Crippen molar-refractivity contribution in [1.29, 1.82) is 0 Å². The lowest BCUT2D eigenvalue weighted by Crippen LogP contribution is -2.63. The topological polar surface area (TPSA) is 59.0 Å². The highest BCUT2D eigenvalue weighted by Crippen LogP contribution is 2.42. The summed E-state index contributed by atoms with van der Waals surface area (Å²) in [5.74, 6) is -0.370. The number of ether oxygens (including phenoxy) is 2. The van der Waals surface area contributed by atoms with Crippen LogP contribution in [0.15, 0.2) is 18.2 Å². The second-order valence-electron chi connectivity index (χ2n) is 8.13. The number of halogens is 1. The van der Waals surface area contributed by atoms with E-state index < -0.39 is 11.2 Å². The molecule has 2 aliphatic rings. The minimum Gasteiger partial charge on any atom is -0.444 e. The van der Waals surface area contributed by atoms with Gasteiger partial charge in [-0.1, -0.05) is 6.07 Å². The van der Waals surface area contributed by atoms with Gasteiger partial charge in [-0.05, 0) is 51.0 Å². The van der Waals surface area contributed by atoms with Gasteiger partial charge in [0.05, 0.1) is 30.9 Å². The van der Waals surface area contributed by atoms with Crippen LogP contribution in [0.5, 0.6) is 0 Å². The van der Waals surface area contributed by atoms with Gasteiger partial charge >= 0.3 is 6.09 Å². The number of aliphatic hydroxyl groups is 1. The Kier molecular flexibility index (Phi) is 4.54. The number of amides is 1. The largest absolute Gasteiger partial charge is 0.444 e. The van der Waals surface area contributed by atoms with E-state index in [0.29, 0.717) is 31.6 Å². The molecule has 0 aromatic heterocycles. The van der Waals surface area contributed by atoms with Crippen molar-refractivity contribution in [1.82, 2.24) is 4.90 Å². The van der Waals surface area contributed by atoms with Gasteiger partial charge in [0.25, 0.3) is 0 Å². The maximum absolute atomic E-state index is 13.7. The lowest BCUT2D eigenvalue weighted by Gasteiger charge is -2.51. The van der Waals surface area contributed by atoms with E-state index in [9.17, 15) is 14.3 Å². The van der Waals surface area contributed by atoms with Crippen molar-refractivity contribution >= 4 is 6.09 Å². The fourth-order valence-electron chi connectivity index (χ4n) is 3.90. The molecule has 5 nitrogen and oxygen atoms in total. The zero-order valence-electron chi connectivity index (χ0n) is 15.2. The van der Waals surface area contributed by atoms with Crippen LogP contribution in [0, 0.1) is 12.7 Å². The first-order chi connectivity index (χ1) is 11.6. The summed E-state index contributed by atoms with van der Waals surface area (Å²) >= 11 is 0. The lowest BCUT2D eigenvalue weighted by atomic mass is 9.75. The lowest BCUT2D eigenvalue weighted by molar-refractivity contribution is -0.141. The summed E-state index contributed by atoms with van der Waals surface area (Å²) in [6.45, 7) is 8.02. The summed E-state index contributed by atoms with van der Waals surface area (Å²) < 4.78 is 24.8. The maximum Gasteiger partial charge on any atom is 0.410 e. The molecule has 1 aromatic rings. The van der Waals surface area contributed by atoms with Crippen molar-refractivity contribution < 1.29 is 23.8 Å². The fraction of sp³-hybridized carbons (Fsp3) is 0.632. The smallest absolute Gasteiger partial charge is 0.410 e. The molecule has 2 heterocycles. The van der Waals surface area contributed by atoms with Gasteiger partial charge in [0, 0.05) is 12.8 Å². The van der Waals surface area contributed by atoms with Crippen LogP contribution in [-0.4, -0.2) is 47.0 Å². The molecule has 2 bridgehead atoms. The first-order valence-corrected chi connectivity index (χ1v) is 8.67. The van der Waals surface area contributed by atoms with E-state index in [1.807, 2.05) is 27.7 Å². The molecule has 2 aliphatic heterocycles. The minimum absolute atomic E-state index is 0.296. The van der Waals surface area contributed by atoms with E-state index >= 15 is 0 Å². The number of morpholine rings is 1. The van der Waals surface area contributed by atoms with Gasteiger partial charge in [0.1, 0.15) is 11.4 Å². The van der Waals surface area contributed by atoms with Crippen LogP contribution in [0.1, 0.15) is 44.7 Å². The maximum atomic E-state index is 13.7. The number of aryl methyl sites for hydroxylation is 1. The number of hydrogen-bond donors (Lipinski definition) is 1. The molecule has 0 radical (unpaired) electrons. The molecule has 2 fully saturated rings. The van der Waals surface area contributed by atoms with Crippen molar-refractivity contribution in [2.24, 2.45) is 0 Å². The van der Waals surface area contributed by atoms with Crippen LogP contribution in [0.3, 0.4) is 0 Å². The average Bonchev–Trinajstić information content (AvgIpc) is 2.47. The van der Waals surface area contributed by atoms with E-state index in [1.165, 1.54) is 12.1 Å². The molecule has 25 heavy (non-hydrogen) atoms. The van der Waals surface area contributed by atoms with Crippen molar-refractivity contribution in [3.05, 3.63) is 35.1 Å². The van der Waals surface area contributed by atoms with E-state index in [4.69, 9.17) is 9.47 Å². The SMILES string of the molecule is Cc1ccc(F)cc1C1(O)CC2COCC(C1)N2C(=O)OC(C)(C)C. The number of nitrogens with zero attached hydrogens (tertiary/aromatic N) is 1. The third kappa shape index (κ3) is 3.65. The Morgan fingerprint density at radius 1 is 1.32 bits per heavy atom. The third-order valence-corrected chi connectivity index (χ3v) is 4.86. The van der Waals surface area contributed by atoms with Crippen molar-refractivity contribution in [3.8, 4) is 0 Å². The molecule has 1 amide bonds. The standard InChI is InChI=1S/C19H26FNO4/c1-12-5-6-13(20)7-16(12)19(23)8-14-10-24-11-15(9-19)21(14)17(22)25-18(2,3)4/h5-7,14-15,23H,8-11H2,1-4H3. The van der Waals surface area contributed by atoms with Gasteiger partial charge in [-0.2, -0.15) is 0 Å². The highest BCUT2D eigenvalue weighted by molar-refractivity contribution is 5.69. The molecule has 2 unspecified atom stereocenters. The molecule has 0 aliphatic carbocycles. The molecule has 138 valence electrons. The molecule has 0 spiro atoms. The molecule has 1 aromatic carbocycles. The Hall–Kier alpha value is -1.66. The number of carbonyl (C=O) groups excluding carboxylic acids is 1. The molecule has 1 N–H and O–H groups in total. The predicted octanol–water partition coefficient (Wildman–Crippen LogP) is 3.12. The van der Waals surface area contributed by atoms with Gasteiger partial charge in [0.15, 0.2) is 0 Å². The van der Waals surface area contributed by atoms with Crippen LogP contribution < -0.4 is 0 Å². The molecule has 2 saturated heterocycles. The van der Waals surface area contributed by atoms with E-state index in [-0.39, 0.29) is 24.0 Å². The second-order valence-corrected chi connectivity index (χ2v) is 8.13. The summed E-state index contributed by atoms with van der Waals surface area (Å²) in [6.07, 6.45) is 0.212. The highest BCUT2D eigenvalue weighted by atomic mass is 19.1. The molecule has 3 rings (SSSR count). The van der Waals surface area contributed by atoms with E-state index in [1.54, 1.807) is 11.0 Å². The molecule has 0 saturated carbocycles. The van der Waals surface area contributed by atoms with E-state index in [2.05, 4.69) is 0 Å². The summed E-state index contributed by atoms with van der Waals surface area (Å²) in [7, 11) is 0. The number of piperidine rings is 1. The fourth-order valence-corrected chi connectivity index (χ4v) is 3.90. The number of hydrogen-bond acceptors (Lipinski definition) is 4. The predicted molar refractivity (Wildman–Crippen MR) is 90.7 cm³/mol. The first kappa shape index (κ1) is 18.1. The number of rotatable bonds is 1. The average molecular weight is 351 g/mol. The Morgan fingerprint density at radius 2 is 1.92 bits per heavy atom. The highest BCUT2D eigenvalue weighted by Gasteiger charge is 2.50. The number of benzene rings is 1. The Morgan fingerprint density at radius 3 is 2.48 bits per heavy atom. The van der Waals surface area contributed by atoms with Crippen LogP contribution in [0.4, 0.5) is 9.18 Å². The number of fused-ring (bicyclic) bond motifs is 2. The Labute approximate surface area is 147 Å². The Bertz CT molecular complexity index is 656. The van der Waals surface area contributed by atoms with Crippen LogP contribution in [0.25, 0.3) is 0 Å². The monoisotopic (exact) mass is 351 g/mol. The van der Waals surface area contributed by atoms with Crippen LogP contribution >= 0.6 is 0 Å². The quantitative estimate of drug-likeness (QED) is 0.845.